The number of para-hydroxylation sites is 1. The molecule has 0 radical (unpaired) electrons. The predicted molar refractivity (Wildman–Crippen MR) is 137 cm³/mol. The molecule has 0 saturated heterocycles. The van der Waals surface area contributed by atoms with E-state index in [0.717, 1.165) is 21.7 Å². The van der Waals surface area contributed by atoms with E-state index in [0.29, 0.717) is 6.42 Å². The summed E-state index contributed by atoms with van der Waals surface area (Å²) in [6, 6.07) is 13.3. The summed E-state index contributed by atoms with van der Waals surface area (Å²) in [6.45, 7) is 9.07. The van der Waals surface area contributed by atoms with Gasteiger partial charge in [0.15, 0.2) is 0 Å². The van der Waals surface area contributed by atoms with Crippen molar-refractivity contribution in [3.8, 4) is 0 Å². The lowest BCUT2D eigenvalue weighted by Gasteiger charge is -2.34. The maximum atomic E-state index is 13.6. The maximum Gasteiger partial charge on any atom is 0.244 e. The number of benzene rings is 2. The van der Waals surface area contributed by atoms with Crippen LogP contribution in [0.2, 0.25) is 5.02 Å². The number of hydrogen-bond donors (Lipinski definition) is 1. The number of sulfonamides is 1. The van der Waals surface area contributed by atoms with E-state index in [-0.39, 0.29) is 23.2 Å². The van der Waals surface area contributed by atoms with E-state index < -0.39 is 34.1 Å². The number of nitrogens with zero attached hydrogens (tertiary/aromatic N) is 2. The van der Waals surface area contributed by atoms with Gasteiger partial charge >= 0.3 is 0 Å². The van der Waals surface area contributed by atoms with Gasteiger partial charge in [0, 0.05) is 12.1 Å². The number of carbonyl (C=O) groups is 2. The Bertz CT molecular complexity index is 1110. The molecule has 0 aliphatic carbocycles. The molecule has 9 heteroatoms. The SMILES string of the molecule is CCC(C(=O)NC(C)(C)C)N(Cc1ccc(C)cc1)C(=O)CN(c1ccccc1Cl)S(C)(=O)=O. The fraction of sp³-hybridized carbons (Fsp3) is 0.440. The summed E-state index contributed by atoms with van der Waals surface area (Å²) in [6.07, 6.45) is 1.39. The topological polar surface area (TPSA) is 86.8 Å². The van der Waals surface area contributed by atoms with E-state index in [1.54, 1.807) is 24.3 Å². The molecule has 0 aliphatic heterocycles. The molecule has 2 aromatic carbocycles. The molecule has 0 aliphatic rings. The van der Waals surface area contributed by atoms with Crippen molar-refractivity contribution < 1.29 is 18.0 Å². The largest absolute Gasteiger partial charge is 0.350 e. The van der Waals surface area contributed by atoms with Crippen LogP contribution in [0.4, 0.5) is 5.69 Å². The van der Waals surface area contributed by atoms with Gasteiger partial charge in [-0.1, -0.05) is 60.5 Å². The number of hydrogen-bond acceptors (Lipinski definition) is 4. The van der Waals surface area contributed by atoms with Crippen LogP contribution in [-0.2, 0) is 26.2 Å². The zero-order chi connectivity index (χ0) is 25.7. The Morgan fingerprint density at radius 1 is 1.06 bits per heavy atom. The molecule has 7 nitrogen and oxygen atoms in total. The van der Waals surface area contributed by atoms with Gasteiger partial charge in [0.05, 0.1) is 17.0 Å². The third-order valence-electron chi connectivity index (χ3n) is 5.16. The van der Waals surface area contributed by atoms with Crippen LogP contribution < -0.4 is 9.62 Å². The number of carbonyl (C=O) groups excluding carboxylic acids is 2. The smallest absolute Gasteiger partial charge is 0.244 e. The molecular formula is C25H34ClN3O4S. The third-order valence-corrected chi connectivity index (χ3v) is 6.60. The molecule has 2 rings (SSSR count). The molecule has 1 atom stereocenters. The van der Waals surface area contributed by atoms with Crippen LogP contribution in [0.15, 0.2) is 48.5 Å². The first-order valence-electron chi connectivity index (χ1n) is 11.1. The molecule has 34 heavy (non-hydrogen) atoms. The summed E-state index contributed by atoms with van der Waals surface area (Å²) in [7, 11) is -3.83. The Kier molecular flexibility index (Phi) is 9.14. The van der Waals surface area contributed by atoms with Crippen molar-refractivity contribution in [3.63, 3.8) is 0 Å². The van der Waals surface area contributed by atoms with Gasteiger partial charge in [-0.3, -0.25) is 13.9 Å². The summed E-state index contributed by atoms with van der Waals surface area (Å²) >= 11 is 6.25. The first-order valence-corrected chi connectivity index (χ1v) is 13.3. The number of halogens is 1. The Morgan fingerprint density at radius 2 is 1.65 bits per heavy atom. The molecule has 186 valence electrons. The summed E-state index contributed by atoms with van der Waals surface area (Å²) in [4.78, 5) is 28.2. The average Bonchev–Trinajstić information content (AvgIpc) is 2.71. The standard InChI is InChI=1S/C25H34ClN3O4S/c1-7-21(24(31)27-25(3,4)5)28(16-19-14-12-18(2)13-15-19)23(30)17-29(34(6,32)33)22-11-9-8-10-20(22)26/h8-15,21H,7,16-17H2,1-6H3,(H,27,31). The number of amides is 2. The minimum Gasteiger partial charge on any atom is -0.350 e. The van der Waals surface area contributed by atoms with E-state index in [9.17, 15) is 18.0 Å². The van der Waals surface area contributed by atoms with E-state index in [1.807, 2.05) is 58.9 Å². The molecule has 0 bridgehead atoms. The maximum absolute atomic E-state index is 13.6. The second kappa shape index (κ2) is 11.2. The van der Waals surface area contributed by atoms with Gasteiger partial charge in [-0.05, 0) is 51.8 Å². The average molecular weight is 508 g/mol. The highest BCUT2D eigenvalue weighted by Gasteiger charge is 2.33. The molecule has 0 fully saturated rings. The van der Waals surface area contributed by atoms with Crippen molar-refractivity contribution >= 4 is 39.1 Å². The predicted octanol–water partition coefficient (Wildman–Crippen LogP) is 4.14. The number of rotatable bonds is 9. The minimum atomic E-state index is -3.83. The zero-order valence-electron chi connectivity index (χ0n) is 20.6. The van der Waals surface area contributed by atoms with Crippen molar-refractivity contribution in [2.24, 2.45) is 0 Å². The molecule has 1 N–H and O–H groups in total. The Hall–Kier alpha value is -2.58. The lowest BCUT2D eigenvalue weighted by Crippen LogP contribution is -2.55. The highest BCUT2D eigenvalue weighted by Crippen LogP contribution is 2.27. The highest BCUT2D eigenvalue weighted by atomic mass is 35.5. The number of aryl methyl sites for hydroxylation is 1. The molecule has 0 aromatic heterocycles. The Balaban J connectivity index is 2.46. The second-order valence-electron chi connectivity index (χ2n) is 9.39. The van der Waals surface area contributed by atoms with Crippen molar-refractivity contribution in [1.29, 1.82) is 0 Å². The van der Waals surface area contributed by atoms with Crippen LogP contribution >= 0.6 is 11.6 Å². The van der Waals surface area contributed by atoms with Crippen LogP contribution in [0.1, 0.15) is 45.2 Å². The summed E-state index contributed by atoms with van der Waals surface area (Å²) in [5.74, 6) is -0.791. The number of anilines is 1. The minimum absolute atomic E-state index is 0.162. The van der Waals surface area contributed by atoms with E-state index in [4.69, 9.17) is 11.6 Å². The fourth-order valence-electron chi connectivity index (χ4n) is 3.51. The summed E-state index contributed by atoms with van der Waals surface area (Å²) < 4.78 is 26.2. The van der Waals surface area contributed by atoms with Crippen LogP contribution in [0.5, 0.6) is 0 Å². The quantitative estimate of drug-likeness (QED) is 0.552. The van der Waals surface area contributed by atoms with E-state index >= 15 is 0 Å². The molecular weight excluding hydrogens is 474 g/mol. The zero-order valence-corrected chi connectivity index (χ0v) is 22.2. The lowest BCUT2D eigenvalue weighted by molar-refractivity contribution is -0.141. The summed E-state index contributed by atoms with van der Waals surface area (Å²) in [5.41, 5.74) is 1.63. The van der Waals surface area contributed by atoms with Crippen LogP contribution in [0.3, 0.4) is 0 Å². The fourth-order valence-corrected chi connectivity index (χ4v) is 4.66. The monoisotopic (exact) mass is 507 g/mol. The van der Waals surface area contributed by atoms with Gasteiger partial charge in [0.25, 0.3) is 0 Å². The van der Waals surface area contributed by atoms with Crippen LogP contribution in [0, 0.1) is 6.92 Å². The molecule has 1 unspecified atom stereocenters. The highest BCUT2D eigenvalue weighted by molar-refractivity contribution is 7.92. The normalized spacial score (nSPS) is 12.7. The van der Waals surface area contributed by atoms with Gasteiger partial charge in [0.2, 0.25) is 21.8 Å². The van der Waals surface area contributed by atoms with Crippen molar-refractivity contribution in [3.05, 3.63) is 64.7 Å². The van der Waals surface area contributed by atoms with Gasteiger partial charge in [-0.2, -0.15) is 0 Å². The van der Waals surface area contributed by atoms with Gasteiger partial charge in [-0.25, -0.2) is 8.42 Å². The van der Waals surface area contributed by atoms with Crippen molar-refractivity contribution in [1.82, 2.24) is 10.2 Å². The Morgan fingerprint density at radius 3 is 2.15 bits per heavy atom. The molecule has 0 spiro atoms. The third kappa shape index (κ3) is 7.74. The second-order valence-corrected chi connectivity index (χ2v) is 11.7. The lowest BCUT2D eigenvalue weighted by atomic mass is 10.1. The molecule has 0 heterocycles. The van der Waals surface area contributed by atoms with E-state index in [2.05, 4.69) is 5.32 Å². The van der Waals surface area contributed by atoms with Crippen LogP contribution in [-0.4, -0.2) is 49.5 Å². The first-order chi connectivity index (χ1) is 15.7. The molecule has 0 saturated carbocycles. The van der Waals surface area contributed by atoms with Crippen molar-refractivity contribution in [2.45, 2.75) is 59.2 Å². The number of nitrogens with one attached hydrogen (secondary N) is 1. The van der Waals surface area contributed by atoms with Crippen molar-refractivity contribution in [2.75, 3.05) is 17.1 Å². The molecule has 2 amide bonds. The molecule has 2 aromatic rings. The Labute approximate surface area is 208 Å². The van der Waals surface area contributed by atoms with Gasteiger partial charge in [-0.15, -0.1) is 0 Å². The summed E-state index contributed by atoms with van der Waals surface area (Å²) in [5, 5.41) is 3.15. The van der Waals surface area contributed by atoms with E-state index in [1.165, 1.54) is 4.90 Å². The van der Waals surface area contributed by atoms with Gasteiger partial charge < -0.3 is 10.2 Å². The first kappa shape index (κ1) is 27.7. The van der Waals surface area contributed by atoms with Gasteiger partial charge in [0.1, 0.15) is 12.6 Å². The van der Waals surface area contributed by atoms with Crippen LogP contribution in [0.25, 0.3) is 0 Å².